The first kappa shape index (κ1) is 20.5. The molecule has 4 aromatic rings. The van der Waals surface area contributed by atoms with Crippen molar-refractivity contribution in [1.82, 2.24) is 10.2 Å². The third-order valence-electron chi connectivity index (χ3n) is 5.61. The van der Waals surface area contributed by atoms with E-state index >= 15 is 0 Å². The first-order valence-electron chi connectivity index (χ1n) is 10.8. The molecular formula is C28H22N2O3. The number of hydrogen-bond acceptors (Lipinski definition) is 3. The van der Waals surface area contributed by atoms with Gasteiger partial charge in [-0.15, -0.1) is 0 Å². The molecule has 3 amide bonds. The molecule has 0 bridgehead atoms. The van der Waals surface area contributed by atoms with E-state index in [4.69, 9.17) is 4.74 Å². The van der Waals surface area contributed by atoms with Crippen LogP contribution >= 0.6 is 0 Å². The highest BCUT2D eigenvalue weighted by Crippen LogP contribution is 2.22. The van der Waals surface area contributed by atoms with Gasteiger partial charge in [0.05, 0.1) is 6.54 Å². The van der Waals surface area contributed by atoms with Crippen molar-refractivity contribution in [1.29, 1.82) is 0 Å². The van der Waals surface area contributed by atoms with Gasteiger partial charge in [0.1, 0.15) is 18.1 Å². The first-order chi connectivity index (χ1) is 16.2. The van der Waals surface area contributed by atoms with E-state index in [1.807, 2.05) is 72.8 Å². The van der Waals surface area contributed by atoms with Crippen molar-refractivity contribution in [3.63, 3.8) is 0 Å². The standard InChI is InChI=1S/C28H22N2O3/c31-27-26(29-28(32)30(27)18-21-7-2-1-3-8-21)17-20-13-15-24(16-14-20)33-19-23-11-6-10-22-9-4-5-12-25(22)23/h1-17H,18-19H2,(H,29,32)/b26-17+. The number of hydrogen-bond donors (Lipinski definition) is 1. The van der Waals surface area contributed by atoms with Gasteiger partial charge in [0.25, 0.3) is 5.91 Å². The van der Waals surface area contributed by atoms with E-state index in [1.165, 1.54) is 15.7 Å². The zero-order valence-corrected chi connectivity index (χ0v) is 17.9. The number of fused-ring (bicyclic) bond motifs is 1. The minimum absolute atomic E-state index is 0.240. The predicted molar refractivity (Wildman–Crippen MR) is 128 cm³/mol. The normalized spacial score (nSPS) is 14.7. The third-order valence-corrected chi connectivity index (χ3v) is 5.61. The number of amides is 3. The second-order valence-electron chi connectivity index (χ2n) is 7.86. The molecule has 1 aliphatic rings. The summed E-state index contributed by atoms with van der Waals surface area (Å²) in [4.78, 5) is 26.2. The molecule has 0 atom stereocenters. The highest BCUT2D eigenvalue weighted by Gasteiger charge is 2.33. The predicted octanol–water partition coefficient (Wildman–Crippen LogP) is 5.51. The summed E-state index contributed by atoms with van der Waals surface area (Å²) in [6.07, 6.45) is 1.68. The van der Waals surface area contributed by atoms with Crippen LogP contribution in [0.3, 0.4) is 0 Å². The monoisotopic (exact) mass is 434 g/mol. The molecule has 0 spiro atoms. The Hall–Kier alpha value is -4.38. The molecule has 162 valence electrons. The highest BCUT2D eigenvalue weighted by molar-refractivity contribution is 6.13. The number of imide groups is 1. The maximum atomic E-state index is 12.7. The molecule has 1 saturated heterocycles. The third kappa shape index (κ3) is 4.48. The fourth-order valence-corrected chi connectivity index (χ4v) is 3.89. The number of nitrogens with zero attached hydrogens (tertiary/aromatic N) is 1. The number of ether oxygens (including phenoxy) is 1. The quantitative estimate of drug-likeness (QED) is 0.321. The Morgan fingerprint density at radius 2 is 1.52 bits per heavy atom. The summed E-state index contributed by atoms with van der Waals surface area (Å²) < 4.78 is 5.98. The van der Waals surface area contributed by atoms with Crippen LogP contribution < -0.4 is 10.1 Å². The molecule has 1 heterocycles. The van der Waals surface area contributed by atoms with Crippen molar-refractivity contribution >= 4 is 28.8 Å². The van der Waals surface area contributed by atoms with Crippen LogP contribution in [-0.2, 0) is 17.9 Å². The smallest absolute Gasteiger partial charge is 0.329 e. The maximum absolute atomic E-state index is 12.7. The Labute approximate surface area is 191 Å². The van der Waals surface area contributed by atoms with Gasteiger partial charge in [-0.25, -0.2) is 4.79 Å². The Kier molecular flexibility index (Phi) is 5.60. The van der Waals surface area contributed by atoms with E-state index in [9.17, 15) is 9.59 Å². The summed E-state index contributed by atoms with van der Waals surface area (Å²) in [6, 6.07) is 30.9. The van der Waals surface area contributed by atoms with E-state index in [0.717, 1.165) is 22.4 Å². The van der Waals surface area contributed by atoms with Gasteiger partial charge in [-0.3, -0.25) is 9.69 Å². The second kappa shape index (κ2) is 9.01. The molecule has 5 nitrogen and oxygen atoms in total. The van der Waals surface area contributed by atoms with Crippen LogP contribution in [-0.4, -0.2) is 16.8 Å². The molecule has 1 N–H and O–H groups in total. The molecule has 0 aromatic heterocycles. The van der Waals surface area contributed by atoms with E-state index in [0.29, 0.717) is 6.61 Å². The average Bonchev–Trinajstić information content (AvgIpc) is 3.11. The summed E-state index contributed by atoms with van der Waals surface area (Å²) in [7, 11) is 0. The van der Waals surface area contributed by atoms with Crippen molar-refractivity contribution in [2.45, 2.75) is 13.2 Å². The molecule has 0 radical (unpaired) electrons. The van der Waals surface area contributed by atoms with Gasteiger partial charge < -0.3 is 10.1 Å². The topological polar surface area (TPSA) is 58.6 Å². The van der Waals surface area contributed by atoms with E-state index in [2.05, 4.69) is 29.6 Å². The van der Waals surface area contributed by atoms with E-state index < -0.39 is 6.03 Å². The Bertz CT molecular complexity index is 1340. The van der Waals surface area contributed by atoms with Crippen molar-refractivity contribution in [3.05, 3.63) is 119 Å². The summed E-state index contributed by atoms with van der Waals surface area (Å²) in [5.41, 5.74) is 3.09. The molecule has 1 fully saturated rings. The minimum atomic E-state index is -0.412. The average molecular weight is 434 g/mol. The van der Waals surface area contributed by atoms with Gasteiger partial charge in [-0.05, 0) is 45.7 Å². The molecule has 5 heteroatoms. The largest absolute Gasteiger partial charge is 0.489 e. The number of nitrogens with one attached hydrogen (secondary N) is 1. The lowest BCUT2D eigenvalue weighted by Gasteiger charge is -2.11. The molecule has 33 heavy (non-hydrogen) atoms. The molecular weight excluding hydrogens is 412 g/mol. The van der Waals surface area contributed by atoms with Crippen molar-refractivity contribution < 1.29 is 14.3 Å². The zero-order valence-electron chi connectivity index (χ0n) is 17.9. The van der Waals surface area contributed by atoms with Crippen LogP contribution in [0.5, 0.6) is 5.75 Å². The van der Waals surface area contributed by atoms with Gasteiger partial charge in [0.2, 0.25) is 0 Å². The Morgan fingerprint density at radius 1 is 0.788 bits per heavy atom. The maximum Gasteiger partial charge on any atom is 0.329 e. The number of urea groups is 1. The number of carbonyl (C=O) groups excluding carboxylic acids is 2. The molecule has 0 saturated carbocycles. The molecule has 5 rings (SSSR count). The Morgan fingerprint density at radius 3 is 2.33 bits per heavy atom. The van der Waals surface area contributed by atoms with Crippen molar-refractivity contribution in [2.75, 3.05) is 0 Å². The summed E-state index contributed by atoms with van der Waals surface area (Å²) in [5.74, 6) is 0.401. The lowest BCUT2D eigenvalue weighted by atomic mass is 10.1. The summed E-state index contributed by atoms with van der Waals surface area (Å²) >= 11 is 0. The Balaban J connectivity index is 1.26. The number of benzene rings is 4. The highest BCUT2D eigenvalue weighted by atomic mass is 16.5. The van der Waals surface area contributed by atoms with Gasteiger partial charge in [0.15, 0.2) is 0 Å². The summed E-state index contributed by atoms with van der Waals surface area (Å²) in [6.45, 7) is 0.703. The lowest BCUT2D eigenvalue weighted by molar-refractivity contribution is -0.123. The fourth-order valence-electron chi connectivity index (χ4n) is 3.89. The minimum Gasteiger partial charge on any atom is -0.489 e. The van der Waals surface area contributed by atoms with Gasteiger partial charge in [-0.1, -0.05) is 84.9 Å². The number of carbonyl (C=O) groups is 2. The van der Waals surface area contributed by atoms with Crippen LogP contribution in [0.25, 0.3) is 16.8 Å². The molecule has 1 aliphatic heterocycles. The van der Waals surface area contributed by atoms with Crippen molar-refractivity contribution in [2.24, 2.45) is 0 Å². The van der Waals surface area contributed by atoms with Gasteiger partial charge >= 0.3 is 6.03 Å². The van der Waals surface area contributed by atoms with Crippen LogP contribution in [0.15, 0.2) is 103 Å². The lowest BCUT2D eigenvalue weighted by Crippen LogP contribution is -2.30. The molecule has 4 aromatic carbocycles. The van der Waals surface area contributed by atoms with E-state index in [-0.39, 0.29) is 18.1 Å². The SMILES string of the molecule is O=C1N/C(=C/c2ccc(OCc3cccc4ccccc34)cc2)C(=O)N1Cc1ccccc1. The van der Waals surface area contributed by atoms with Crippen molar-refractivity contribution in [3.8, 4) is 5.75 Å². The van der Waals surface area contributed by atoms with Crippen LogP contribution in [0.4, 0.5) is 4.79 Å². The van der Waals surface area contributed by atoms with Gasteiger partial charge in [-0.2, -0.15) is 0 Å². The van der Waals surface area contributed by atoms with Gasteiger partial charge in [0, 0.05) is 0 Å². The molecule has 0 aliphatic carbocycles. The fraction of sp³-hybridized carbons (Fsp3) is 0.0714. The second-order valence-corrected chi connectivity index (χ2v) is 7.86. The summed E-state index contributed by atoms with van der Waals surface area (Å²) in [5, 5.41) is 5.03. The van der Waals surface area contributed by atoms with Crippen LogP contribution in [0.2, 0.25) is 0 Å². The van der Waals surface area contributed by atoms with Crippen LogP contribution in [0.1, 0.15) is 16.7 Å². The number of rotatable bonds is 6. The van der Waals surface area contributed by atoms with E-state index in [1.54, 1.807) is 6.08 Å². The zero-order chi connectivity index (χ0) is 22.6. The van der Waals surface area contributed by atoms with Crippen LogP contribution in [0, 0.1) is 0 Å². The first-order valence-corrected chi connectivity index (χ1v) is 10.8. The molecule has 0 unspecified atom stereocenters.